The maximum absolute atomic E-state index is 10.6. The number of carbonyl (C=O) groups excluding carboxylic acids is 1. The van der Waals surface area contributed by atoms with E-state index in [-0.39, 0.29) is 5.69 Å². The summed E-state index contributed by atoms with van der Waals surface area (Å²) in [5, 5.41) is 10.6. The zero-order valence-electron chi connectivity index (χ0n) is 7.40. The largest absolute Gasteiger partial charge is 0.298 e. The van der Waals surface area contributed by atoms with Crippen LogP contribution >= 0.6 is 0 Å². The molecule has 0 fully saturated rings. The monoisotopic (exact) mass is 179 g/mol. The van der Waals surface area contributed by atoms with Crippen LogP contribution < -0.4 is 0 Å². The van der Waals surface area contributed by atoms with Crippen LogP contribution in [0, 0.1) is 24.0 Å². The van der Waals surface area contributed by atoms with Gasteiger partial charge in [0.15, 0.2) is 0 Å². The van der Waals surface area contributed by atoms with Gasteiger partial charge in [0, 0.05) is 16.7 Å². The van der Waals surface area contributed by atoms with Crippen LogP contribution in [-0.2, 0) is 0 Å². The molecule has 0 saturated carbocycles. The Morgan fingerprint density at radius 2 is 1.77 bits per heavy atom. The van der Waals surface area contributed by atoms with Crippen molar-refractivity contribution in [2.45, 2.75) is 13.8 Å². The number of carbonyl (C=O) groups is 1. The highest BCUT2D eigenvalue weighted by atomic mass is 16.6. The predicted molar refractivity (Wildman–Crippen MR) is 48.0 cm³/mol. The SMILES string of the molecule is Cc1cc(C=O)cc(C)c1[N+](=O)[O-]. The van der Waals surface area contributed by atoms with Crippen LogP contribution in [0.3, 0.4) is 0 Å². The lowest BCUT2D eigenvalue weighted by molar-refractivity contribution is -0.386. The van der Waals surface area contributed by atoms with E-state index in [0.29, 0.717) is 23.0 Å². The quantitative estimate of drug-likeness (QED) is 0.396. The van der Waals surface area contributed by atoms with Crippen molar-refractivity contribution in [2.75, 3.05) is 0 Å². The molecule has 0 heterocycles. The Hall–Kier alpha value is -1.71. The molecule has 0 N–H and O–H groups in total. The molecule has 0 saturated heterocycles. The summed E-state index contributed by atoms with van der Waals surface area (Å²) in [7, 11) is 0. The number of aryl methyl sites for hydroxylation is 2. The minimum atomic E-state index is -0.431. The van der Waals surface area contributed by atoms with Crippen LogP contribution in [-0.4, -0.2) is 11.2 Å². The van der Waals surface area contributed by atoms with E-state index in [1.54, 1.807) is 13.8 Å². The van der Waals surface area contributed by atoms with Crippen molar-refractivity contribution < 1.29 is 9.72 Å². The van der Waals surface area contributed by atoms with E-state index in [0.717, 1.165) is 0 Å². The predicted octanol–water partition coefficient (Wildman–Crippen LogP) is 2.02. The normalized spacial score (nSPS) is 9.69. The highest BCUT2D eigenvalue weighted by Crippen LogP contribution is 2.23. The third kappa shape index (κ3) is 1.72. The van der Waals surface area contributed by atoms with E-state index in [1.165, 1.54) is 12.1 Å². The molecule has 68 valence electrons. The molecule has 0 aliphatic carbocycles. The Balaban J connectivity index is 3.39. The van der Waals surface area contributed by atoms with E-state index >= 15 is 0 Å². The van der Waals surface area contributed by atoms with E-state index in [9.17, 15) is 14.9 Å². The summed E-state index contributed by atoms with van der Waals surface area (Å²) in [6.45, 7) is 3.25. The molecule has 13 heavy (non-hydrogen) atoms. The molecule has 0 aliphatic rings. The summed E-state index contributed by atoms with van der Waals surface area (Å²) in [5.41, 5.74) is 1.60. The minimum Gasteiger partial charge on any atom is -0.298 e. The summed E-state index contributed by atoms with van der Waals surface area (Å²) in [6, 6.07) is 3.02. The Morgan fingerprint density at radius 3 is 2.08 bits per heavy atom. The Kier molecular flexibility index (Phi) is 2.41. The first-order chi connectivity index (χ1) is 6.06. The van der Waals surface area contributed by atoms with Crippen molar-refractivity contribution in [3.8, 4) is 0 Å². The molecule has 0 radical (unpaired) electrons. The second-order valence-corrected chi connectivity index (χ2v) is 2.88. The molecule has 0 atom stereocenters. The number of rotatable bonds is 2. The summed E-state index contributed by atoms with van der Waals surface area (Å²) in [4.78, 5) is 20.6. The molecular formula is C9H9NO3. The summed E-state index contributed by atoms with van der Waals surface area (Å²) in [5.74, 6) is 0. The summed E-state index contributed by atoms with van der Waals surface area (Å²) in [6.07, 6.45) is 0.684. The fourth-order valence-electron chi connectivity index (χ4n) is 1.35. The van der Waals surface area contributed by atoms with Crippen molar-refractivity contribution in [1.82, 2.24) is 0 Å². The van der Waals surface area contributed by atoms with Gasteiger partial charge in [-0.2, -0.15) is 0 Å². The Morgan fingerprint density at radius 1 is 1.31 bits per heavy atom. The van der Waals surface area contributed by atoms with Crippen molar-refractivity contribution >= 4 is 12.0 Å². The minimum absolute atomic E-state index is 0.0885. The van der Waals surface area contributed by atoms with E-state index in [4.69, 9.17) is 0 Å². The first kappa shape index (κ1) is 9.38. The van der Waals surface area contributed by atoms with Crippen LogP contribution in [0.4, 0.5) is 5.69 Å². The maximum Gasteiger partial charge on any atom is 0.275 e. The first-order valence-corrected chi connectivity index (χ1v) is 3.77. The molecule has 0 unspecified atom stereocenters. The van der Waals surface area contributed by atoms with Gasteiger partial charge in [-0.25, -0.2) is 0 Å². The number of hydrogen-bond acceptors (Lipinski definition) is 3. The molecule has 1 rings (SSSR count). The van der Waals surface area contributed by atoms with E-state index in [1.807, 2.05) is 0 Å². The fourth-order valence-corrected chi connectivity index (χ4v) is 1.35. The zero-order chi connectivity index (χ0) is 10.0. The Bertz CT molecular complexity index is 348. The zero-order valence-corrected chi connectivity index (χ0v) is 7.40. The number of nitro groups is 1. The number of benzene rings is 1. The molecule has 0 amide bonds. The molecule has 4 heteroatoms. The lowest BCUT2D eigenvalue weighted by Gasteiger charge is -2.01. The van der Waals surface area contributed by atoms with Crippen LogP contribution in [0.5, 0.6) is 0 Å². The third-order valence-corrected chi connectivity index (χ3v) is 1.83. The second-order valence-electron chi connectivity index (χ2n) is 2.88. The van der Waals surface area contributed by atoms with Crippen molar-refractivity contribution in [3.63, 3.8) is 0 Å². The van der Waals surface area contributed by atoms with Gasteiger partial charge in [-0.1, -0.05) is 0 Å². The van der Waals surface area contributed by atoms with Gasteiger partial charge in [-0.15, -0.1) is 0 Å². The molecule has 0 spiro atoms. The maximum atomic E-state index is 10.6. The van der Waals surface area contributed by atoms with Crippen LogP contribution in [0.15, 0.2) is 12.1 Å². The highest BCUT2D eigenvalue weighted by molar-refractivity contribution is 5.77. The molecule has 1 aromatic carbocycles. The molecule has 0 aromatic heterocycles. The topological polar surface area (TPSA) is 60.2 Å². The average Bonchev–Trinajstić information content (AvgIpc) is 2.02. The van der Waals surface area contributed by atoms with Gasteiger partial charge in [0.05, 0.1) is 4.92 Å². The number of hydrogen-bond donors (Lipinski definition) is 0. The van der Waals surface area contributed by atoms with E-state index in [2.05, 4.69) is 0 Å². The number of nitrogens with zero attached hydrogens (tertiary/aromatic N) is 1. The molecule has 0 aliphatic heterocycles. The lowest BCUT2D eigenvalue weighted by atomic mass is 10.1. The standard InChI is InChI=1S/C9H9NO3/c1-6-3-8(5-11)4-7(2)9(6)10(12)13/h3-5H,1-2H3. The second kappa shape index (κ2) is 3.35. The fraction of sp³-hybridized carbons (Fsp3) is 0.222. The van der Waals surface area contributed by atoms with Gasteiger partial charge in [0.2, 0.25) is 0 Å². The van der Waals surface area contributed by atoms with Crippen molar-refractivity contribution in [3.05, 3.63) is 38.9 Å². The van der Waals surface area contributed by atoms with Gasteiger partial charge < -0.3 is 0 Å². The summed E-state index contributed by atoms with van der Waals surface area (Å²) >= 11 is 0. The average molecular weight is 179 g/mol. The Labute approximate surface area is 75.3 Å². The molecule has 0 bridgehead atoms. The van der Waals surface area contributed by atoms with Crippen molar-refractivity contribution in [1.29, 1.82) is 0 Å². The molecule has 1 aromatic rings. The third-order valence-electron chi connectivity index (χ3n) is 1.83. The van der Waals surface area contributed by atoms with Crippen LogP contribution in [0.25, 0.3) is 0 Å². The lowest BCUT2D eigenvalue weighted by Crippen LogP contribution is -1.96. The van der Waals surface area contributed by atoms with Gasteiger partial charge in [-0.05, 0) is 26.0 Å². The molecule has 4 nitrogen and oxygen atoms in total. The summed E-state index contributed by atoms with van der Waals surface area (Å²) < 4.78 is 0. The first-order valence-electron chi connectivity index (χ1n) is 3.77. The van der Waals surface area contributed by atoms with Gasteiger partial charge in [0.1, 0.15) is 6.29 Å². The van der Waals surface area contributed by atoms with Crippen LogP contribution in [0.1, 0.15) is 21.5 Å². The van der Waals surface area contributed by atoms with Gasteiger partial charge in [-0.3, -0.25) is 14.9 Å². The number of aldehydes is 1. The highest BCUT2D eigenvalue weighted by Gasteiger charge is 2.14. The van der Waals surface area contributed by atoms with Crippen LogP contribution in [0.2, 0.25) is 0 Å². The van der Waals surface area contributed by atoms with Gasteiger partial charge in [0.25, 0.3) is 5.69 Å². The van der Waals surface area contributed by atoms with E-state index < -0.39 is 4.92 Å². The van der Waals surface area contributed by atoms with Gasteiger partial charge >= 0.3 is 0 Å². The molecular weight excluding hydrogens is 170 g/mol. The smallest absolute Gasteiger partial charge is 0.275 e. The van der Waals surface area contributed by atoms with Crippen molar-refractivity contribution in [2.24, 2.45) is 0 Å². The number of nitro benzene ring substituents is 1.